The summed E-state index contributed by atoms with van der Waals surface area (Å²) >= 11 is 0. The molecule has 0 aliphatic heterocycles. The van der Waals surface area contributed by atoms with Crippen LogP contribution in [0.25, 0.3) is 0 Å². The van der Waals surface area contributed by atoms with E-state index in [1.165, 1.54) is 57.8 Å². The number of nitrogens with one attached hydrogen (secondary N) is 2. The van der Waals surface area contributed by atoms with E-state index in [4.69, 9.17) is 0 Å². The number of amides is 2. The molecule has 1 saturated carbocycles. The zero-order chi connectivity index (χ0) is 17.6. The van der Waals surface area contributed by atoms with Gasteiger partial charge in [-0.1, -0.05) is 78.1 Å². The first kappa shape index (κ1) is 21.0. The Morgan fingerprint density at radius 2 is 1.38 bits per heavy atom. The van der Waals surface area contributed by atoms with Gasteiger partial charge in [0.25, 0.3) is 0 Å². The molecule has 0 aromatic rings. The van der Waals surface area contributed by atoms with E-state index in [1.807, 2.05) is 0 Å². The predicted octanol–water partition coefficient (Wildman–Crippen LogP) is 4.88. The van der Waals surface area contributed by atoms with Crippen LogP contribution < -0.4 is 10.9 Å². The van der Waals surface area contributed by atoms with Crippen molar-refractivity contribution in [3.05, 3.63) is 0 Å². The zero-order valence-electron chi connectivity index (χ0n) is 15.9. The molecule has 0 spiro atoms. The van der Waals surface area contributed by atoms with Gasteiger partial charge in [0.15, 0.2) is 0 Å². The molecule has 140 valence electrons. The second-order valence-electron chi connectivity index (χ2n) is 7.36. The summed E-state index contributed by atoms with van der Waals surface area (Å²) in [6, 6.07) is 0. The Morgan fingerprint density at radius 3 is 2.04 bits per heavy atom. The van der Waals surface area contributed by atoms with Gasteiger partial charge in [-0.3, -0.25) is 20.4 Å². The zero-order valence-corrected chi connectivity index (χ0v) is 15.9. The molecule has 0 bridgehead atoms. The molecular formula is C20H38N2O2. The van der Waals surface area contributed by atoms with Crippen LogP contribution in [-0.2, 0) is 9.59 Å². The van der Waals surface area contributed by atoms with Gasteiger partial charge in [-0.05, 0) is 25.2 Å². The maximum Gasteiger partial charge on any atom is 0.241 e. The minimum Gasteiger partial charge on any atom is -0.273 e. The van der Waals surface area contributed by atoms with Gasteiger partial charge in [-0.15, -0.1) is 0 Å². The highest BCUT2D eigenvalue weighted by molar-refractivity contribution is 5.85. The molecule has 0 heterocycles. The lowest BCUT2D eigenvalue weighted by molar-refractivity contribution is -0.129. The summed E-state index contributed by atoms with van der Waals surface area (Å²) in [5.74, 6) is 0.617. The number of hydrogen-bond acceptors (Lipinski definition) is 2. The molecule has 2 amide bonds. The summed E-state index contributed by atoms with van der Waals surface area (Å²) < 4.78 is 0. The number of carbonyl (C=O) groups excluding carboxylic acids is 2. The average Bonchev–Trinajstić information content (AvgIpc) is 3.35. The van der Waals surface area contributed by atoms with Gasteiger partial charge >= 0.3 is 0 Å². The molecule has 2 atom stereocenters. The number of rotatable bonds is 14. The Bertz CT molecular complexity index is 358. The van der Waals surface area contributed by atoms with Crippen molar-refractivity contribution < 1.29 is 9.59 Å². The summed E-state index contributed by atoms with van der Waals surface area (Å²) in [4.78, 5) is 23.7. The van der Waals surface area contributed by atoms with Crippen LogP contribution in [0.15, 0.2) is 0 Å². The van der Waals surface area contributed by atoms with E-state index in [-0.39, 0.29) is 17.7 Å². The number of carbonyl (C=O) groups is 2. The van der Waals surface area contributed by atoms with E-state index in [1.54, 1.807) is 0 Å². The Hall–Kier alpha value is -1.06. The molecule has 0 aromatic heterocycles. The molecule has 1 aliphatic carbocycles. The van der Waals surface area contributed by atoms with E-state index in [0.717, 1.165) is 25.7 Å². The van der Waals surface area contributed by atoms with Gasteiger partial charge in [0.1, 0.15) is 0 Å². The van der Waals surface area contributed by atoms with E-state index in [9.17, 15) is 9.59 Å². The summed E-state index contributed by atoms with van der Waals surface area (Å²) in [7, 11) is 0. The van der Waals surface area contributed by atoms with E-state index in [0.29, 0.717) is 12.3 Å². The molecule has 4 nitrogen and oxygen atoms in total. The number of unbranched alkanes of at least 4 members (excludes halogenated alkanes) is 9. The fourth-order valence-electron chi connectivity index (χ4n) is 3.25. The Kier molecular flexibility index (Phi) is 11.6. The second kappa shape index (κ2) is 13.3. The van der Waals surface area contributed by atoms with Crippen molar-refractivity contribution >= 4 is 11.8 Å². The second-order valence-corrected chi connectivity index (χ2v) is 7.36. The van der Waals surface area contributed by atoms with E-state index < -0.39 is 0 Å². The lowest BCUT2D eigenvalue weighted by Gasteiger charge is -2.07. The fraction of sp³-hybridized carbons (Fsp3) is 0.900. The summed E-state index contributed by atoms with van der Waals surface area (Å²) in [6.45, 7) is 4.42. The number of hydrazine groups is 1. The third-order valence-corrected chi connectivity index (χ3v) is 5.02. The van der Waals surface area contributed by atoms with Crippen LogP contribution in [0.4, 0.5) is 0 Å². The van der Waals surface area contributed by atoms with Crippen LogP contribution in [-0.4, -0.2) is 11.8 Å². The highest BCUT2D eigenvalue weighted by Crippen LogP contribution is 2.42. The van der Waals surface area contributed by atoms with E-state index in [2.05, 4.69) is 24.7 Å². The van der Waals surface area contributed by atoms with Crippen LogP contribution in [0.1, 0.15) is 104 Å². The molecular weight excluding hydrogens is 300 g/mol. The van der Waals surface area contributed by atoms with Crippen molar-refractivity contribution in [1.29, 1.82) is 0 Å². The topological polar surface area (TPSA) is 58.2 Å². The van der Waals surface area contributed by atoms with Crippen molar-refractivity contribution in [1.82, 2.24) is 10.9 Å². The highest BCUT2D eigenvalue weighted by Gasteiger charge is 2.42. The van der Waals surface area contributed by atoms with Crippen molar-refractivity contribution in [3.8, 4) is 0 Å². The standard InChI is InChI=1S/C20H38N2O2/c1-3-5-7-9-11-12-14-17-16-18(17)20(24)22-21-19(23)15-13-10-8-6-4-2/h17-18H,3-16H2,1-2H3,(H,21,23)(H,22,24)/t17-,18-/m1/s1. The lowest BCUT2D eigenvalue weighted by atomic mass is 10.1. The SMILES string of the molecule is CCCCCCCC[C@@H]1C[C@H]1C(=O)NNC(=O)CCCCCCC. The molecule has 0 saturated heterocycles. The van der Waals surface area contributed by atoms with Crippen molar-refractivity contribution in [2.24, 2.45) is 11.8 Å². The lowest BCUT2D eigenvalue weighted by Crippen LogP contribution is -2.42. The normalized spacial score (nSPS) is 19.1. The largest absolute Gasteiger partial charge is 0.273 e. The first-order valence-corrected chi connectivity index (χ1v) is 10.3. The van der Waals surface area contributed by atoms with Crippen LogP contribution in [0.3, 0.4) is 0 Å². The van der Waals surface area contributed by atoms with Crippen molar-refractivity contribution in [3.63, 3.8) is 0 Å². The van der Waals surface area contributed by atoms with Gasteiger partial charge in [-0.25, -0.2) is 0 Å². The third kappa shape index (κ3) is 9.94. The van der Waals surface area contributed by atoms with Gasteiger partial charge in [-0.2, -0.15) is 0 Å². The summed E-state index contributed by atoms with van der Waals surface area (Å²) in [5.41, 5.74) is 5.17. The van der Waals surface area contributed by atoms with Gasteiger partial charge in [0.05, 0.1) is 0 Å². The molecule has 1 aliphatic rings. The van der Waals surface area contributed by atoms with Gasteiger partial charge < -0.3 is 0 Å². The Balaban J connectivity index is 1.95. The summed E-state index contributed by atoms with van der Waals surface area (Å²) in [6.07, 6.45) is 16.1. The first-order valence-electron chi connectivity index (χ1n) is 10.3. The minimum atomic E-state index is -0.0621. The first-order chi connectivity index (χ1) is 11.7. The van der Waals surface area contributed by atoms with Crippen LogP contribution in [0.2, 0.25) is 0 Å². The molecule has 2 N–H and O–H groups in total. The third-order valence-electron chi connectivity index (χ3n) is 5.02. The molecule has 24 heavy (non-hydrogen) atoms. The number of hydrogen-bond donors (Lipinski definition) is 2. The highest BCUT2D eigenvalue weighted by atomic mass is 16.2. The van der Waals surface area contributed by atoms with E-state index >= 15 is 0 Å². The van der Waals surface area contributed by atoms with Gasteiger partial charge in [0, 0.05) is 12.3 Å². The smallest absolute Gasteiger partial charge is 0.241 e. The maximum atomic E-state index is 12.0. The molecule has 1 rings (SSSR count). The molecule has 1 fully saturated rings. The molecule has 0 unspecified atom stereocenters. The fourth-order valence-corrected chi connectivity index (χ4v) is 3.25. The van der Waals surface area contributed by atoms with Crippen molar-refractivity contribution in [2.45, 2.75) is 104 Å². The summed E-state index contributed by atoms with van der Waals surface area (Å²) in [5, 5.41) is 0. The minimum absolute atomic E-state index is 0.00492. The van der Waals surface area contributed by atoms with Crippen LogP contribution >= 0.6 is 0 Å². The molecule has 4 heteroatoms. The monoisotopic (exact) mass is 338 g/mol. The maximum absolute atomic E-state index is 12.0. The van der Waals surface area contributed by atoms with Crippen molar-refractivity contribution in [2.75, 3.05) is 0 Å². The van der Waals surface area contributed by atoms with Crippen LogP contribution in [0.5, 0.6) is 0 Å². The Morgan fingerprint density at radius 1 is 0.792 bits per heavy atom. The molecule has 0 radical (unpaired) electrons. The predicted molar refractivity (Wildman–Crippen MR) is 99.3 cm³/mol. The Labute approximate surface area is 148 Å². The molecule has 0 aromatic carbocycles. The van der Waals surface area contributed by atoms with Gasteiger partial charge in [0.2, 0.25) is 11.8 Å². The quantitative estimate of drug-likeness (QED) is 0.350. The van der Waals surface area contributed by atoms with Crippen LogP contribution in [0, 0.1) is 11.8 Å². The average molecular weight is 339 g/mol.